The zero-order chi connectivity index (χ0) is 22.5. The molecule has 32 heavy (non-hydrogen) atoms. The number of rotatable bonds is 2. The number of halogens is 2. The normalized spacial score (nSPS) is 24.0. The fraction of sp³-hybridized carbons (Fsp3) is 0.375. The van der Waals surface area contributed by atoms with Crippen LogP contribution in [-0.4, -0.2) is 46.5 Å². The Balaban J connectivity index is 1.32. The molecule has 2 unspecified atom stereocenters. The third kappa shape index (κ3) is 3.16. The van der Waals surface area contributed by atoms with Crippen LogP contribution in [-0.2, 0) is 9.53 Å². The van der Waals surface area contributed by atoms with E-state index in [9.17, 15) is 18.4 Å². The summed E-state index contributed by atoms with van der Waals surface area (Å²) >= 11 is 0. The number of nitrogens with zero attached hydrogens (tertiary/aromatic N) is 3. The molecule has 3 saturated heterocycles. The molecular weight excluding hydrogens is 416 g/mol. The molecule has 164 valence electrons. The summed E-state index contributed by atoms with van der Waals surface area (Å²) in [4.78, 5) is 29.5. The lowest BCUT2D eigenvalue weighted by Crippen LogP contribution is -2.51. The molecular formula is C24H21F2N3O3. The first-order valence-electron chi connectivity index (χ1n) is 10.7. The number of fused-ring (bicyclic) bond motifs is 1. The SMILES string of the molecule is N#Cc1cccc(C(=O)N2CCC3(CC2)OC2CCC(c4cccc(F)c4)N2C3=O)c1F. The molecule has 2 atom stereocenters. The van der Waals surface area contributed by atoms with Crippen LogP contribution in [0.25, 0.3) is 0 Å². The monoisotopic (exact) mass is 437 g/mol. The fourth-order valence-corrected chi connectivity index (χ4v) is 5.11. The third-order valence-electron chi connectivity index (χ3n) is 6.76. The molecule has 3 fully saturated rings. The number of likely N-dealkylation sites (tertiary alicyclic amines) is 1. The molecule has 1 spiro atoms. The van der Waals surface area contributed by atoms with Gasteiger partial charge in [0.15, 0.2) is 11.4 Å². The zero-order valence-electron chi connectivity index (χ0n) is 17.3. The predicted octanol–water partition coefficient (Wildman–Crippen LogP) is 3.53. The highest BCUT2D eigenvalue weighted by Crippen LogP contribution is 2.47. The van der Waals surface area contributed by atoms with Crippen LogP contribution in [0, 0.1) is 23.0 Å². The summed E-state index contributed by atoms with van der Waals surface area (Å²) in [5.41, 5.74) is -0.587. The van der Waals surface area contributed by atoms with Crippen molar-refractivity contribution in [3.63, 3.8) is 0 Å². The molecule has 2 amide bonds. The van der Waals surface area contributed by atoms with Crippen molar-refractivity contribution in [1.29, 1.82) is 5.26 Å². The molecule has 0 saturated carbocycles. The highest BCUT2D eigenvalue weighted by atomic mass is 19.1. The van der Waals surface area contributed by atoms with E-state index >= 15 is 0 Å². The molecule has 0 N–H and O–H groups in total. The molecule has 3 heterocycles. The minimum Gasteiger partial charge on any atom is -0.342 e. The average Bonchev–Trinajstić information content (AvgIpc) is 3.32. The molecule has 0 aromatic heterocycles. The van der Waals surface area contributed by atoms with Gasteiger partial charge in [0.05, 0.1) is 17.2 Å². The molecule has 2 aromatic carbocycles. The van der Waals surface area contributed by atoms with Crippen molar-refractivity contribution in [3.05, 3.63) is 70.8 Å². The molecule has 3 aliphatic rings. The molecule has 0 bridgehead atoms. The quantitative estimate of drug-likeness (QED) is 0.721. The molecule has 6 nitrogen and oxygen atoms in total. The van der Waals surface area contributed by atoms with Gasteiger partial charge in [-0.2, -0.15) is 5.26 Å². The van der Waals surface area contributed by atoms with Gasteiger partial charge in [-0.3, -0.25) is 9.59 Å². The topological polar surface area (TPSA) is 73.6 Å². The van der Waals surface area contributed by atoms with E-state index in [-0.39, 0.29) is 48.2 Å². The van der Waals surface area contributed by atoms with Gasteiger partial charge in [-0.25, -0.2) is 8.78 Å². The van der Waals surface area contributed by atoms with Crippen LogP contribution < -0.4 is 0 Å². The van der Waals surface area contributed by atoms with Gasteiger partial charge in [0.25, 0.3) is 11.8 Å². The second-order valence-electron chi connectivity index (χ2n) is 8.50. The van der Waals surface area contributed by atoms with Gasteiger partial charge in [-0.05, 0) is 42.7 Å². The Labute approximate surface area is 184 Å². The molecule has 0 aliphatic carbocycles. The summed E-state index contributed by atoms with van der Waals surface area (Å²) < 4.78 is 34.4. The molecule has 2 aromatic rings. The van der Waals surface area contributed by atoms with E-state index in [1.807, 2.05) is 6.07 Å². The van der Waals surface area contributed by atoms with E-state index in [0.717, 1.165) is 5.56 Å². The summed E-state index contributed by atoms with van der Waals surface area (Å²) in [5, 5.41) is 9.01. The van der Waals surface area contributed by atoms with Crippen LogP contribution in [0.5, 0.6) is 0 Å². The van der Waals surface area contributed by atoms with Crippen molar-refractivity contribution in [2.45, 2.75) is 43.6 Å². The number of benzene rings is 2. The van der Waals surface area contributed by atoms with Crippen molar-refractivity contribution in [1.82, 2.24) is 9.80 Å². The third-order valence-corrected chi connectivity index (χ3v) is 6.76. The number of ether oxygens (including phenoxy) is 1. The molecule has 3 aliphatic heterocycles. The molecule has 0 radical (unpaired) electrons. The number of nitriles is 1. The Morgan fingerprint density at radius 3 is 2.59 bits per heavy atom. The van der Waals surface area contributed by atoms with E-state index < -0.39 is 17.3 Å². The minimum absolute atomic E-state index is 0.126. The van der Waals surface area contributed by atoms with Gasteiger partial charge in [0.1, 0.15) is 18.1 Å². The van der Waals surface area contributed by atoms with Crippen LogP contribution in [0.1, 0.15) is 53.2 Å². The average molecular weight is 437 g/mol. The lowest BCUT2D eigenvalue weighted by Gasteiger charge is -2.37. The first-order chi connectivity index (χ1) is 15.4. The van der Waals surface area contributed by atoms with E-state index in [0.29, 0.717) is 25.7 Å². The van der Waals surface area contributed by atoms with Gasteiger partial charge in [-0.1, -0.05) is 18.2 Å². The molecule has 8 heteroatoms. The Hall–Kier alpha value is -3.31. The van der Waals surface area contributed by atoms with E-state index in [4.69, 9.17) is 10.00 Å². The zero-order valence-corrected chi connectivity index (χ0v) is 17.3. The standard InChI is InChI=1S/C24H21F2N3O3/c25-17-5-1-3-15(13-17)19-7-8-20-29(19)23(31)24(32-20)9-11-28(12-10-24)22(30)18-6-2-4-16(14-27)21(18)26/h1-6,13,19-20H,7-12H2. The summed E-state index contributed by atoms with van der Waals surface area (Å²) in [6, 6.07) is 12.0. The number of piperidine rings is 1. The minimum atomic E-state index is -1.01. The number of amides is 2. The maximum atomic E-state index is 14.4. The number of hydrogen-bond donors (Lipinski definition) is 0. The number of hydrogen-bond acceptors (Lipinski definition) is 4. The second-order valence-corrected chi connectivity index (χ2v) is 8.50. The second kappa shape index (κ2) is 7.68. The largest absolute Gasteiger partial charge is 0.342 e. The number of carbonyl (C=O) groups is 2. The van der Waals surface area contributed by atoms with Crippen LogP contribution in [0.3, 0.4) is 0 Å². The van der Waals surface area contributed by atoms with Gasteiger partial charge in [0, 0.05) is 25.9 Å². The van der Waals surface area contributed by atoms with Crippen molar-refractivity contribution in [2.24, 2.45) is 0 Å². The Bertz CT molecular complexity index is 1140. The summed E-state index contributed by atoms with van der Waals surface area (Å²) in [7, 11) is 0. The maximum Gasteiger partial charge on any atom is 0.257 e. The summed E-state index contributed by atoms with van der Waals surface area (Å²) in [5.74, 6) is -1.79. The predicted molar refractivity (Wildman–Crippen MR) is 109 cm³/mol. The van der Waals surface area contributed by atoms with E-state index in [1.165, 1.54) is 35.2 Å². The van der Waals surface area contributed by atoms with Crippen LogP contribution >= 0.6 is 0 Å². The Morgan fingerprint density at radius 1 is 1.12 bits per heavy atom. The Kier molecular flexibility index (Phi) is 4.94. The van der Waals surface area contributed by atoms with Crippen molar-refractivity contribution >= 4 is 11.8 Å². The highest BCUT2D eigenvalue weighted by Gasteiger charge is 2.58. The van der Waals surface area contributed by atoms with Crippen molar-refractivity contribution < 1.29 is 23.1 Å². The highest BCUT2D eigenvalue weighted by molar-refractivity contribution is 5.95. The van der Waals surface area contributed by atoms with E-state index in [1.54, 1.807) is 17.0 Å². The van der Waals surface area contributed by atoms with Gasteiger partial charge >= 0.3 is 0 Å². The van der Waals surface area contributed by atoms with Gasteiger partial charge < -0.3 is 14.5 Å². The maximum absolute atomic E-state index is 14.4. The first kappa shape index (κ1) is 20.6. The van der Waals surface area contributed by atoms with Crippen LogP contribution in [0.15, 0.2) is 42.5 Å². The lowest BCUT2D eigenvalue weighted by molar-refractivity contribution is -0.142. The van der Waals surface area contributed by atoms with E-state index in [2.05, 4.69) is 0 Å². The van der Waals surface area contributed by atoms with Gasteiger partial charge in [0.2, 0.25) is 0 Å². The smallest absolute Gasteiger partial charge is 0.257 e. The summed E-state index contributed by atoms with van der Waals surface area (Å²) in [6.45, 7) is 0.484. The van der Waals surface area contributed by atoms with Crippen molar-refractivity contribution in [2.75, 3.05) is 13.1 Å². The Morgan fingerprint density at radius 2 is 1.88 bits per heavy atom. The van der Waals surface area contributed by atoms with Crippen LogP contribution in [0.2, 0.25) is 0 Å². The first-order valence-corrected chi connectivity index (χ1v) is 10.7. The lowest BCUT2D eigenvalue weighted by atomic mass is 9.89. The number of carbonyl (C=O) groups excluding carboxylic acids is 2. The molecule has 5 rings (SSSR count). The fourth-order valence-electron chi connectivity index (χ4n) is 5.11. The van der Waals surface area contributed by atoms with Crippen molar-refractivity contribution in [3.8, 4) is 6.07 Å². The van der Waals surface area contributed by atoms with Crippen LogP contribution in [0.4, 0.5) is 8.78 Å². The summed E-state index contributed by atoms with van der Waals surface area (Å²) in [6.07, 6.45) is 1.63. The van der Waals surface area contributed by atoms with Gasteiger partial charge in [-0.15, -0.1) is 0 Å².